The highest BCUT2D eigenvalue weighted by atomic mass is 35.5. The highest BCUT2D eigenvalue weighted by molar-refractivity contribution is 6.33. The molecule has 0 saturated heterocycles. The summed E-state index contributed by atoms with van der Waals surface area (Å²) in [6.45, 7) is -0.0919. The minimum atomic E-state index is -0.502. The molecule has 0 bridgehead atoms. The Kier molecular flexibility index (Phi) is 3.12. The third-order valence-electron chi connectivity index (χ3n) is 2.07. The number of hydrogen-bond donors (Lipinski definition) is 1. The Bertz CT molecular complexity index is 502. The van der Waals surface area contributed by atoms with Crippen LogP contribution in [0.3, 0.4) is 0 Å². The average Bonchev–Trinajstić information content (AvgIpc) is 2.31. The van der Waals surface area contributed by atoms with Crippen LogP contribution in [0, 0.1) is 5.82 Å². The van der Waals surface area contributed by atoms with Gasteiger partial charge in [-0.05, 0) is 17.7 Å². The van der Waals surface area contributed by atoms with Crippen LogP contribution in [0.25, 0.3) is 11.4 Å². The van der Waals surface area contributed by atoms with E-state index in [1.807, 2.05) is 0 Å². The maximum Gasteiger partial charge on any atom is 0.160 e. The zero-order valence-corrected chi connectivity index (χ0v) is 8.95. The third kappa shape index (κ3) is 2.18. The monoisotopic (exact) mass is 238 g/mol. The summed E-state index contributed by atoms with van der Waals surface area (Å²) >= 11 is 5.97. The molecule has 0 aliphatic heterocycles. The molecule has 0 aliphatic rings. The fourth-order valence-electron chi connectivity index (χ4n) is 1.29. The van der Waals surface area contributed by atoms with Crippen molar-refractivity contribution < 1.29 is 9.50 Å². The summed E-state index contributed by atoms with van der Waals surface area (Å²) in [5, 5.41) is 9.46. The van der Waals surface area contributed by atoms with Gasteiger partial charge in [0.25, 0.3) is 0 Å². The third-order valence-corrected chi connectivity index (χ3v) is 2.40. The highest BCUT2D eigenvalue weighted by Crippen LogP contribution is 2.25. The van der Waals surface area contributed by atoms with E-state index in [0.717, 1.165) is 12.4 Å². The molecular formula is C11H8ClFN2O. The van der Waals surface area contributed by atoms with Crippen LogP contribution in [0.2, 0.25) is 5.02 Å². The van der Waals surface area contributed by atoms with Gasteiger partial charge in [-0.25, -0.2) is 14.4 Å². The lowest BCUT2D eigenvalue weighted by Gasteiger charge is -2.04. The molecule has 1 N–H and O–H groups in total. The molecule has 0 spiro atoms. The van der Waals surface area contributed by atoms with Crippen LogP contribution in [0.4, 0.5) is 4.39 Å². The zero-order valence-electron chi connectivity index (χ0n) is 8.19. The number of hydrogen-bond acceptors (Lipinski definition) is 3. The smallest absolute Gasteiger partial charge is 0.160 e. The topological polar surface area (TPSA) is 46.0 Å². The molecule has 1 aromatic carbocycles. The van der Waals surface area contributed by atoms with Crippen LogP contribution in [-0.4, -0.2) is 15.1 Å². The fourth-order valence-corrected chi connectivity index (χ4v) is 1.50. The SMILES string of the molecule is OCc1ccc(Cl)c(-c2ncc(F)cn2)c1. The van der Waals surface area contributed by atoms with E-state index in [9.17, 15) is 4.39 Å². The quantitative estimate of drug-likeness (QED) is 0.874. The molecular weight excluding hydrogens is 231 g/mol. The van der Waals surface area contributed by atoms with Crippen molar-refractivity contribution in [3.8, 4) is 11.4 Å². The van der Waals surface area contributed by atoms with E-state index in [4.69, 9.17) is 16.7 Å². The van der Waals surface area contributed by atoms with Crippen molar-refractivity contribution in [3.05, 3.63) is 47.0 Å². The summed E-state index contributed by atoms with van der Waals surface area (Å²) in [5.74, 6) is -0.167. The van der Waals surface area contributed by atoms with Gasteiger partial charge in [0.2, 0.25) is 0 Å². The molecule has 0 atom stereocenters. The lowest BCUT2D eigenvalue weighted by atomic mass is 10.1. The Morgan fingerprint density at radius 3 is 2.56 bits per heavy atom. The Balaban J connectivity index is 2.50. The molecule has 0 fully saturated rings. The second-order valence-corrected chi connectivity index (χ2v) is 3.60. The summed E-state index contributed by atoms with van der Waals surface area (Å²) in [4.78, 5) is 7.67. The molecule has 5 heteroatoms. The number of aliphatic hydroxyl groups is 1. The van der Waals surface area contributed by atoms with E-state index in [1.165, 1.54) is 0 Å². The molecule has 1 heterocycles. The van der Waals surface area contributed by atoms with Gasteiger partial charge in [0, 0.05) is 5.56 Å². The van der Waals surface area contributed by atoms with Crippen molar-refractivity contribution in [1.29, 1.82) is 0 Å². The first-order chi connectivity index (χ1) is 7.70. The summed E-state index contributed by atoms with van der Waals surface area (Å²) in [7, 11) is 0. The van der Waals surface area contributed by atoms with Gasteiger partial charge in [-0.15, -0.1) is 0 Å². The highest BCUT2D eigenvalue weighted by Gasteiger charge is 2.07. The van der Waals surface area contributed by atoms with Crippen LogP contribution in [0.5, 0.6) is 0 Å². The standard InChI is InChI=1S/C11H8ClFN2O/c12-10-2-1-7(6-16)3-9(10)11-14-4-8(13)5-15-11/h1-5,16H,6H2. The van der Waals surface area contributed by atoms with Crippen molar-refractivity contribution in [2.24, 2.45) is 0 Å². The van der Waals surface area contributed by atoms with E-state index in [1.54, 1.807) is 18.2 Å². The minimum Gasteiger partial charge on any atom is -0.392 e. The Morgan fingerprint density at radius 2 is 1.94 bits per heavy atom. The first-order valence-corrected chi connectivity index (χ1v) is 4.95. The summed E-state index contributed by atoms with van der Waals surface area (Å²) < 4.78 is 12.7. The second kappa shape index (κ2) is 4.55. The Morgan fingerprint density at radius 1 is 1.25 bits per heavy atom. The Labute approximate surface area is 96.6 Å². The molecule has 82 valence electrons. The maximum absolute atomic E-state index is 12.7. The van der Waals surface area contributed by atoms with E-state index in [-0.39, 0.29) is 6.61 Å². The molecule has 3 nitrogen and oxygen atoms in total. The van der Waals surface area contributed by atoms with E-state index in [2.05, 4.69) is 9.97 Å². The summed E-state index contributed by atoms with van der Waals surface area (Å²) in [6.07, 6.45) is 2.15. The molecule has 16 heavy (non-hydrogen) atoms. The molecule has 0 unspecified atom stereocenters. The molecule has 2 rings (SSSR count). The van der Waals surface area contributed by atoms with Gasteiger partial charge in [-0.2, -0.15) is 0 Å². The lowest BCUT2D eigenvalue weighted by molar-refractivity contribution is 0.282. The molecule has 0 aliphatic carbocycles. The molecule has 1 aromatic heterocycles. The number of rotatable bonds is 2. The first-order valence-electron chi connectivity index (χ1n) is 4.58. The van der Waals surface area contributed by atoms with Crippen LogP contribution < -0.4 is 0 Å². The Hall–Kier alpha value is -1.52. The van der Waals surface area contributed by atoms with Crippen LogP contribution in [0.1, 0.15) is 5.56 Å². The van der Waals surface area contributed by atoms with E-state index >= 15 is 0 Å². The largest absolute Gasteiger partial charge is 0.392 e. The van der Waals surface area contributed by atoms with Crippen molar-refractivity contribution in [1.82, 2.24) is 9.97 Å². The minimum absolute atomic E-state index is 0.0919. The van der Waals surface area contributed by atoms with Gasteiger partial charge in [0.15, 0.2) is 11.6 Å². The van der Waals surface area contributed by atoms with Crippen molar-refractivity contribution >= 4 is 11.6 Å². The predicted octanol–water partition coefficient (Wildman–Crippen LogP) is 2.43. The van der Waals surface area contributed by atoms with Gasteiger partial charge in [-0.3, -0.25) is 0 Å². The maximum atomic E-state index is 12.7. The van der Waals surface area contributed by atoms with Crippen LogP contribution in [-0.2, 0) is 6.61 Å². The van der Waals surface area contributed by atoms with Gasteiger partial charge in [0.1, 0.15) is 0 Å². The van der Waals surface area contributed by atoms with Gasteiger partial charge in [0.05, 0.1) is 24.0 Å². The van der Waals surface area contributed by atoms with Gasteiger partial charge < -0.3 is 5.11 Å². The van der Waals surface area contributed by atoms with Crippen LogP contribution in [0.15, 0.2) is 30.6 Å². The lowest BCUT2D eigenvalue weighted by Crippen LogP contribution is -1.92. The van der Waals surface area contributed by atoms with Gasteiger partial charge in [-0.1, -0.05) is 17.7 Å². The number of nitrogens with zero attached hydrogens (tertiary/aromatic N) is 2. The van der Waals surface area contributed by atoms with Crippen molar-refractivity contribution in [2.75, 3.05) is 0 Å². The molecule has 2 aromatic rings. The molecule has 0 radical (unpaired) electrons. The zero-order chi connectivity index (χ0) is 11.5. The summed E-state index contributed by atoms with van der Waals surface area (Å²) in [6, 6.07) is 5.03. The summed E-state index contributed by atoms with van der Waals surface area (Å²) in [5.41, 5.74) is 1.28. The van der Waals surface area contributed by atoms with E-state index < -0.39 is 5.82 Å². The normalized spacial score (nSPS) is 10.4. The van der Waals surface area contributed by atoms with Crippen molar-refractivity contribution in [3.63, 3.8) is 0 Å². The number of benzene rings is 1. The second-order valence-electron chi connectivity index (χ2n) is 3.20. The number of halogens is 2. The van der Waals surface area contributed by atoms with Crippen LogP contribution >= 0.6 is 11.6 Å². The number of aliphatic hydroxyl groups excluding tert-OH is 1. The predicted molar refractivity (Wildman–Crippen MR) is 58.4 cm³/mol. The van der Waals surface area contributed by atoms with Gasteiger partial charge >= 0.3 is 0 Å². The fraction of sp³-hybridized carbons (Fsp3) is 0.0909. The number of aromatic nitrogens is 2. The average molecular weight is 239 g/mol. The first kappa shape index (κ1) is 11.0. The van der Waals surface area contributed by atoms with E-state index in [0.29, 0.717) is 22.0 Å². The molecule has 0 amide bonds. The van der Waals surface area contributed by atoms with Crippen molar-refractivity contribution in [2.45, 2.75) is 6.61 Å². The molecule has 0 saturated carbocycles.